The van der Waals surface area contributed by atoms with Crippen molar-refractivity contribution in [3.63, 3.8) is 0 Å². The van der Waals surface area contributed by atoms with E-state index < -0.39 is 29.5 Å². The number of hydrogen-bond donors (Lipinski definition) is 3. The largest absolute Gasteiger partial charge is 0.389 e. The van der Waals surface area contributed by atoms with Crippen molar-refractivity contribution < 1.29 is 23.4 Å². The molecule has 0 fully saturated rings. The van der Waals surface area contributed by atoms with Crippen LogP contribution in [0.3, 0.4) is 0 Å². The van der Waals surface area contributed by atoms with Gasteiger partial charge in [0.25, 0.3) is 0 Å². The third-order valence-electron chi connectivity index (χ3n) is 2.46. The van der Waals surface area contributed by atoms with Gasteiger partial charge in [-0.25, -0.2) is 13.6 Å². The second-order valence-corrected chi connectivity index (χ2v) is 5.02. The zero-order chi connectivity index (χ0) is 15.8. The van der Waals surface area contributed by atoms with E-state index in [9.17, 15) is 18.7 Å². The van der Waals surface area contributed by atoms with Gasteiger partial charge in [0.2, 0.25) is 0 Å². The van der Waals surface area contributed by atoms with E-state index in [0.29, 0.717) is 12.5 Å². The molecule has 1 rings (SSSR count). The van der Waals surface area contributed by atoms with Gasteiger partial charge in [-0.05, 0) is 18.1 Å². The first kappa shape index (κ1) is 17.3. The van der Waals surface area contributed by atoms with Crippen LogP contribution >= 0.6 is 0 Å². The zero-order valence-electron chi connectivity index (χ0n) is 12.0. The van der Waals surface area contributed by atoms with Crippen LogP contribution in [0.2, 0.25) is 0 Å². The van der Waals surface area contributed by atoms with Crippen molar-refractivity contribution in [2.24, 2.45) is 5.92 Å². The molecule has 5 nitrogen and oxygen atoms in total. The number of anilines is 1. The van der Waals surface area contributed by atoms with Crippen molar-refractivity contribution in [2.75, 3.05) is 25.1 Å². The SMILES string of the molecule is CC(C)COCC(O)CNC(=O)Nc1c(F)cccc1F. The molecule has 0 spiro atoms. The van der Waals surface area contributed by atoms with E-state index in [4.69, 9.17) is 4.74 Å². The fourth-order valence-corrected chi connectivity index (χ4v) is 1.48. The highest BCUT2D eigenvalue weighted by Crippen LogP contribution is 2.17. The smallest absolute Gasteiger partial charge is 0.319 e. The van der Waals surface area contributed by atoms with Crippen LogP contribution in [-0.2, 0) is 4.74 Å². The summed E-state index contributed by atoms with van der Waals surface area (Å²) < 4.78 is 31.8. The predicted molar refractivity (Wildman–Crippen MR) is 75.0 cm³/mol. The summed E-state index contributed by atoms with van der Waals surface area (Å²) in [6.45, 7) is 4.44. The Kier molecular flexibility index (Phi) is 7.04. The number of benzene rings is 1. The minimum absolute atomic E-state index is 0.0759. The van der Waals surface area contributed by atoms with Crippen LogP contribution in [0.4, 0.5) is 19.3 Å². The molecule has 0 aliphatic heterocycles. The number of amides is 2. The summed E-state index contributed by atoms with van der Waals surface area (Å²) in [5.41, 5.74) is -0.527. The Morgan fingerprint density at radius 3 is 2.48 bits per heavy atom. The van der Waals surface area contributed by atoms with Gasteiger partial charge in [-0.15, -0.1) is 0 Å². The van der Waals surface area contributed by atoms with Gasteiger partial charge in [0.1, 0.15) is 17.3 Å². The van der Waals surface area contributed by atoms with Crippen LogP contribution in [0.5, 0.6) is 0 Å². The van der Waals surface area contributed by atoms with Crippen LogP contribution in [0, 0.1) is 17.6 Å². The molecule has 7 heteroatoms. The van der Waals surface area contributed by atoms with Gasteiger partial charge < -0.3 is 20.5 Å². The topological polar surface area (TPSA) is 70.6 Å². The quantitative estimate of drug-likeness (QED) is 0.722. The molecule has 0 bridgehead atoms. The van der Waals surface area contributed by atoms with Gasteiger partial charge in [0, 0.05) is 13.2 Å². The molecular formula is C14H20F2N2O3. The summed E-state index contributed by atoms with van der Waals surface area (Å²) in [6.07, 6.45) is -0.889. The molecule has 2 amide bonds. The molecule has 3 N–H and O–H groups in total. The second-order valence-electron chi connectivity index (χ2n) is 5.02. The van der Waals surface area contributed by atoms with Gasteiger partial charge in [-0.3, -0.25) is 0 Å². The Morgan fingerprint density at radius 2 is 1.90 bits per heavy atom. The Labute approximate surface area is 122 Å². The van der Waals surface area contributed by atoms with Crippen LogP contribution < -0.4 is 10.6 Å². The molecular weight excluding hydrogens is 282 g/mol. The lowest BCUT2D eigenvalue weighted by Crippen LogP contribution is -2.37. The number of nitrogens with one attached hydrogen (secondary N) is 2. The average Bonchev–Trinajstić information content (AvgIpc) is 2.40. The van der Waals surface area contributed by atoms with Crippen molar-refractivity contribution >= 4 is 11.7 Å². The molecule has 0 aromatic heterocycles. The second kappa shape index (κ2) is 8.53. The minimum atomic E-state index is -0.889. The molecule has 1 unspecified atom stereocenters. The summed E-state index contributed by atoms with van der Waals surface area (Å²) in [7, 11) is 0. The first-order chi connectivity index (χ1) is 9.90. The number of hydrogen-bond acceptors (Lipinski definition) is 3. The van der Waals surface area contributed by atoms with E-state index in [1.54, 1.807) is 0 Å². The van der Waals surface area contributed by atoms with Gasteiger partial charge in [0.15, 0.2) is 0 Å². The predicted octanol–water partition coefficient (Wildman–Crippen LogP) is 2.12. The molecule has 0 saturated carbocycles. The Morgan fingerprint density at radius 1 is 1.29 bits per heavy atom. The number of rotatable bonds is 7. The first-order valence-electron chi connectivity index (χ1n) is 6.64. The van der Waals surface area contributed by atoms with Gasteiger partial charge in [-0.2, -0.15) is 0 Å². The number of carbonyl (C=O) groups excluding carboxylic acids is 1. The van der Waals surface area contributed by atoms with Crippen molar-refractivity contribution in [1.29, 1.82) is 0 Å². The number of aliphatic hydroxyl groups excluding tert-OH is 1. The summed E-state index contributed by atoms with van der Waals surface area (Å²) in [4.78, 5) is 11.5. The zero-order valence-corrected chi connectivity index (χ0v) is 12.0. The fourth-order valence-electron chi connectivity index (χ4n) is 1.48. The Hall–Kier alpha value is -1.73. The molecule has 21 heavy (non-hydrogen) atoms. The standard InChI is InChI=1S/C14H20F2N2O3/c1-9(2)7-21-8-10(19)6-17-14(20)18-13-11(15)4-3-5-12(13)16/h3-5,9-10,19H,6-8H2,1-2H3,(H2,17,18,20). The fraction of sp³-hybridized carbons (Fsp3) is 0.500. The highest BCUT2D eigenvalue weighted by molar-refractivity contribution is 5.89. The highest BCUT2D eigenvalue weighted by atomic mass is 19.1. The third kappa shape index (κ3) is 6.50. The highest BCUT2D eigenvalue weighted by Gasteiger charge is 2.13. The van der Waals surface area contributed by atoms with Crippen LogP contribution in [0.15, 0.2) is 18.2 Å². The van der Waals surface area contributed by atoms with Crippen molar-refractivity contribution in [3.05, 3.63) is 29.8 Å². The summed E-state index contributed by atoms with van der Waals surface area (Å²) >= 11 is 0. The average molecular weight is 302 g/mol. The first-order valence-corrected chi connectivity index (χ1v) is 6.64. The van der Waals surface area contributed by atoms with Gasteiger partial charge in [0.05, 0.1) is 12.7 Å². The van der Waals surface area contributed by atoms with E-state index in [1.165, 1.54) is 6.07 Å². The van der Waals surface area contributed by atoms with Crippen LogP contribution in [0.1, 0.15) is 13.8 Å². The number of carbonyl (C=O) groups is 1. The lowest BCUT2D eigenvalue weighted by molar-refractivity contribution is 0.0274. The van der Waals surface area contributed by atoms with Crippen molar-refractivity contribution in [1.82, 2.24) is 5.32 Å². The molecule has 0 radical (unpaired) electrons. The lowest BCUT2D eigenvalue weighted by atomic mass is 10.2. The van der Waals surface area contributed by atoms with Crippen molar-refractivity contribution in [3.8, 4) is 0 Å². The maximum absolute atomic E-state index is 13.3. The number of ether oxygens (including phenoxy) is 1. The van der Waals surface area contributed by atoms with Gasteiger partial charge in [-0.1, -0.05) is 19.9 Å². The maximum Gasteiger partial charge on any atom is 0.319 e. The number of urea groups is 1. The van der Waals surface area contributed by atoms with Crippen molar-refractivity contribution in [2.45, 2.75) is 20.0 Å². The molecule has 1 aromatic carbocycles. The van der Waals surface area contributed by atoms with E-state index >= 15 is 0 Å². The molecule has 0 aliphatic rings. The van der Waals surface area contributed by atoms with E-state index in [-0.39, 0.29) is 13.2 Å². The summed E-state index contributed by atoms with van der Waals surface area (Å²) in [5, 5.41) is 13.9. The van der Waals surface area contributed by atoms with E-state index in [1.807, 2.05) is 13.8 Å². The maximum atomic E-state index is 13.3. The van der Waals surface area contributed by atoms with Crippen LogP contribution in [0.25, 0.3) is 0 Å². The Bertz CT molecular complexity index is 449. The monoisotopic (exact) mass is 302 g/mol. The lowest BCUT2D eigenvalue weighted by Gasteiger charge is -2.14. The van der Waals surface area contributed by atoms with E-state index in [0.717, 1.165) is 12.1 Å². The number of aliphatic hydroxyl groups is 1. The molecule has 118 valence electrons. The number of para-hydroxylation sites is 1. The van der Waals surface area contributed by atoms with E-state index in [2.05, 4.69) is 10.6 Å². The summed E-state index contributed by atoms with van der Waals surface area (Å²) in [5.74, 6) is -1.39. The van der Waals surface area contributed by atoms with Crippen LogP contribution in [-0.4, -0.2) is 37.0 Å². The molecule has 1 aromatic rings. The Balaban J connectivity index is 2.34. The summed E-state index contributed by atoms with van der Waals surface area (Å²) in [6, 6.07) is 2.46. The third-order valence-corrected chi connectivity index (χ3v) is 2.46. The molecule has 0 heterocycles. The molecule has 0 aliphatic carbocycles. The minimum Gasteiger partial charge on any atom is -0.389 e. The molecule has 1 atom stereocenters. The normalized spacial score (nSPS) is 12.3. The van der Waals surface area contributed by atoms with Gasteiger partial charge >= 0.3 is 6.03 Å². The number of halogens is 2. The molecule has 0 saturated heterocycles.